The molecular formula is C10H21NO2. The van der Waals surface area contributed by atoms with Crippen molar-refractivity contribution < 1.29 is 10.2 Å². The van der Waals surface area contributed by atoms with Gasteiger partial charge in [0.2, 0.25) is 0 Å². The van der Waals surface area contributed by atoms with Crippen molar-refractivity contribution in [3.63, 3.8) is 0 Å². The largest absolute Gasteiger partial charge is 0.395 e. The second kappa shape index (κ2) is 4.94. The molecule has 3 heteroatoms. The van der Waals surface area contributed by atoms with Crippen molar-refractivity contribution in [3.05, 3.63) is 0 Å². The highest BCUT2D eigenvalue weighted by Gasteiger charge is 2.24. The molecule has 1 fully saturated rings. The SMILES string of the molecule is CC(O)C1CCN(C(C)CO)CC1. The monoisotopic (exact) mass is 187 g/mol. The minimum absolute atomic E-state index is 0.174. The quantitative estimate of drug-likeness (QED) is 0.674. The van der Waals surface area contributed by atoms with Crippen LogP contribution in [0.15, 0.2) is 0 Å². The zero-order valence-corrected chi connectivity index (χ0v) is 8.61. The average Bonchev–Trinajstić information content (AvgIpc) is 2.17. The van der Waals surface area contributed by atoms with Crippen molar-refractivity contribution >= 4 is 0 Å². The van der Waals surface area contributed by atoms with E-state index >= 15 is 0 Å². The zero-order chi connectivity index (χ0) is 9.84. The molecule has 0 saturated carbocycles. The lowest BCUT2D eigenvalue weighted by Crippen LogP contribution is -2.43. The van der Waals surface area contributed by atoms with Crippen molar-refractivity contribution in [2.24, 2.45) is 5.92 Å². The van der Waals surface area contributed by atoms with Gasteiger partial charge in [0.25, 0.3) is 0 Å². The highest BCUT2D eigenvalue weighted by atomic mass is 16.3. The van der Waals surface area contributed by atoms with Crippen LogP contribution >= 0.6 is 0 Å². The molecule has 78 valence electrons. The summed E-state index contributed by atoms with van der Waals surface area (Å²) in [4.78, 5) is 2.29. The van der Waals surface area contributed by atoms with E-state index in [0.29, 0.717) is 5.92 Å². The second-order valence-corrected chi connectivity index (χ2v) is 4.15. The first-order chi connectivity index (χ1) is 6.15. The van der Waals surface area contributed by atoms with Gasteiger partial charge in [0.15, 0.2) is 0 Å². The fourth-order valence-electron chi connectivity index (χ4n) is 1.96. The first-order valence-electron chi connectivity index (χ1n) is 5.18. The lowest BCUT2D eigenvalue weighted by atomic mass is 9.91. The summed E-state index contributed by atoms with van der Waals surface area (Å²) in [6.45, 7) is 6.17. The van der Waals surface area contributed by atoms with Gasteiger partial charge in [-0.05, 0) is 45.7 Å². The maximum absolute atomic E-state index is 9.39. The van der Waals surface area contributed by atoms with Gasteiger partial charge in [-0.15, -0.1) is 0 Å². The molecule has 1 aliphatic rings. The van der Waals surface area contributed by atoms with Gasteiger partial charge in [0.05, 0.1) is 12.7 Å². The van der Waals surface area contributed by atoms with Crippen molar-refractivity contribution in [1.29, 1.82) is 0 Å². The van der Waals surface area contributed by atoms with E-state index in [9.17, 15) is 5.11 Å². The van der Waals surface area contributed by atoms with Crippen LogP contribution in [-0.4, -0.2) is 47.0 Å². The van der Waals surface area contributed by atoms with Crippen LogP contribution in [0.25, 0.3) is 0 Å². The Balaban J connectivity index is 2.30. The number of nitrogens with zero attached hydrogens (tertiary/aromatic N) is 1. The normalized spacial score (nSPS) is 25.8. The van der Waals surface area contributed by atoms with E-state index in [4.69, 9.17) is 5.11 Å². The molecule has 0 aromatic heterocycles. The molecule has 0 aromatic carbocycles. The Morgan fingerprint density at radius 1 is 1.31 bits per heavy atom. The van der Waals surface area contributed by atoms with Gasteiger partial charge in [-0.1, -0.05) is 0 Å². The Morgan fingerprint density at radius 2 is 1.85 bits per heavy atom. The molecule has 13 heavy (non-hydrogen) atoms. The van der Waals surface area contributed by atoms with Crippen LogP contribution in [0.5, 0.6) is 0 Å². The van der Waals surface area contributed by atoms with Crippen LogP contribution in [-0.2, 0) is 0 Å². The Bertz CT molecular complexity index is 142. The lowest BCUT2D eigenvalue weighted by Gasteiger charge is -2.36. The molecule has 0 radical (unpaired) electrons. The minimum atomic E-state index is -0.174. The lowest BCUT2D eigenvalue weighted by molar-refractivity contribution is 0.0456. The summed E-state index contributed by atoms with van der Waals surface area (Å²) < 4.78 is 0. The number of aliphatic hydroxyl groups excluding tert-OH is 2. The molecule has 2 atom stereocenters. The molecule has 0 amide bonds. The Kier molecular flexibility index (Phi) is 4.16. The molecule has 0 aromatic rings. The Hall–Kier alpha value is -0.120. The van der Waals surface area contributed by atoms with Crippen LogP contribution in [0.2, 0.25) is 0 Å². The van der Waals surface area contributed by atoms with E-state index in [0.717, 1.165) is 25.9 Å². The van der Waals surface area contributed by atoms with Gasteiger partial charge < -0.3 is 10.2 Å². The minimum Gasteiger partial charge on any atom is -0.395 e. The van der Waals surface area contributed by atoms with Crippen LogP contribution in [0.3, 0.4) is 0 Å². The Labute approximate surface area is 80.4 Å². The van der Waals surface area contributed by atoms with Gasteiger partial charge in [0.1, 0.15) is 0 Å². The van der Waals surface area contributed by atoms with Gasteiger partial charge in [-0.25, -0.2) is 0 Å². The third kappa shape index (κ3) is 2.93. The molecule has 3 nitrogen and oxygen atoms in total. The van der Waals surface area contributed by atoms with Gasteiger partial charge >= 0.3 is 0 Å². The van der Waals surface area contributed by atoms with E-state index in [2.05, 4.69) is 4.90 Å². The predicted octanol–water partition coefficient (Wildman–Crippen LogP) is 0.460. The Morgan fingerprint density at radius 3 is 2.23 bits per heavy atom. The van der Waals surface area contributed by atoms with Crippen molar-refractivity contribution in [2.45, 2.75) is 38.8 Å². The highest BCUT2D eigenvalue weighted by molar-refractivity contribution is 4.78. The molecule has 1 saturated heterocycles. The third-order valence-electron chi connectivity index (χ3n) is 3.14. The van der Waals surface area contributed by atoms with E-state index in [-0.39, 0.29) is 18.8 Å². The third-order valence-corrected chi connectivity index (χ3v) is 3.14. The summed E-state index contributed by atoms with van der Waals surface area (Å²) in [6.07, 6.45) is 1.94. The molecule has 2 unspecified atom stereocenters. The number of hydrogen-bond donors (Lipinski definition) is 2. The van der Waals surface area contributed by atoms with E-state index < -0.39 is 0 Å². The number of hydrogen-bond acceptors (Lipinski definition) is 3. The molecule has 1 aliphatic heterocycles. The van der Waals surface area contributed by atoms with Crippen LogP contribution in [0.1, 0.15) is 26.7 Å². The zero-order valence-electron chi connectivity index (χ0n) is 8.61. The van der Waals surface area contributed by atoms with Crippen molar-refractivity contribution in [3.8, 4) is 0 Å². The van der Waals surface area contributed by atoms with Gasteiger partial charge in [-0.3, -0.25) is 4.90 Å². The number of likely N-dealkylation sites (tertiary alicyclic amines) is 1. The topological polar surface area (TPSA) is 43.7 Å². The van der Waals surface area contributed by atoms with E-state index in [1.165, 1.54) is 0 Å². The van der Waals surface area contributed by atoms with E-state index in [1.807, 2.05) is 13.8 Å². The van der Waals surface area contributed by atoms with Crippen LogP contribution in [0, 0.1) is 5.92 Å². The smallest absolute Gasteiger partial charge is 0.0584 e. The summed E-state index contributed by atoms with van der Waals surface area (Å²) in [5, 5.41) is 18.4. The number of piperidine rings is 1. The first-order valence-corrected chi connectivity index (χ1v) is 5.18. The second-order valence-electron chi connectivity index (χ2n) is 4.15. The summed E-state index contributed by atoms with van der Waals surface area (Å²) in [7, 11) is 0. The molecular weight excluding hydrogens is 166 g/mol. The predicted molar refractivity (Wildman–Crippen MR) is 52.5 cm³/mol. The first kappa shape index (κ1) is 11.0. The molecule has 0 bridgehead atoms. The van der Waals surface area contributed by atoms with Crippen molar-refractivity contribution in [2.75, 3.05) is 19.7 Å². The average molecular weight is 187 g/mol. The summed E-state index contributed by atoms with van der Waals surface area (Å²) in [6, 6.07) is 0.273. The fraction of sp³-hybridized carbons (Fsp3) is 1.00. The number of aliphatic hydroxyl groups is 2. The van der Waals surface area contributed by atoms with Crippen molar-refractivity contribution in [1.82, 2.24) is 4.90 Å². The fourth-order valence-corrected chi connectivity index (χ4v) is 1.96. The molecule has 1 heterocycles. The highest BCUT2D eigenvalue weighted by Crippen LogP contribution is 2.21. The van der Waals surface area contributed by atoms with Crippen LogP contribution in [0.4, 0.5) is 0 Å². The number of rotatable bonds is 3. The summed E-state index contributed by atoms with van der Waals surface area (Å²) in [5.74, 6) is 0.460. The molecule has 1 rings (SSSR count). The van der Waals surface area contributed by atoms with Crippen LogP contribution < -0.4 is 0 Å². The summed E-state index contributed by atoms with van der Waals surface area (Å²) >= 11 is 0. The standard InChI is InChI=1S/C10H21NO2/c1-8(7-12)11-5-3-10(4-6-11)9(2)13/h8-10,12-13H,3-7H2,1-2H3. The summed E-state index contributed by atoms with van der Waals surface area (Å²) in [5.41, 5.74) is 0. The molecule has 0 aliphatic carbocycles. The van der Waals surface area contributed by atoms with Gasteiger partial charge in [0, 0.05) is 6.04 Å². The maximum atomic E-state index is 9.39. The maximum Gasteiger partial charge on any atom is 0.0584 e. The van der Waals surface area contributed by atoms with E-state index in [1.54, 1.807) is 0 Å². The molecule has 0 spiro atoms. The van der Waals surface area contributed by atoms with Gasteiger partial charge in [-0.2, -0.15) is 0 Å². The molecule has 2 N–H and O–H groups in total.